The molecule has 0 saturated carbocycles. The largest absolute Gasteiger partial charge is 0.480 e. The number of carboxylic acid groups (broad SMARTS) is 1. The lowest BCUT2D eigenvalue weighted by Gasteiger charge is -2.37. The van der Waals surface area contributed by atoms with E-state index in [4.69, 9.17) is 9.84 Å². The summed E-state index contributed by atoms with van der Waals surface area (Å²) in [4.78, 5) is 22.9. The van der Waals surface area contributed by atoms with E-state index in [9.17, 15) is 9.59 Å². The summed E-state index contributed by atoms with van der Waals surface area (Å²) in [6.07, 6.45) is 0. The lowest BCUT2D eigenvalue weighted by Crippen LogP contribution is -2.59. The molecular formula is C12H21NO4. The van der Waals surface area contributed by atoms with Crippen LogP contribution in [-0.2, 0) is 14.3 Å². The van der Waals surface area contributed by atoms with Crippen molar-refractivity contribution in [3.8, 4) is 0 Å². The van der Waals surface area contributed by atoms with Crippen LogP contribution in [0, 0.1) is 16.7 Å². The molecule has 0 aliphatic carbocycles. The highest BCUT2D eigenvalue weighted by atomic mass is 16.5. The molecule has 0 atom stereocenters. The third-order valence-electron chi connectivity index (χ3n) is 3.81. The van der Waals surface area contributed by atoms with Gasteiger partial charge in [-0.05, 0) is 11.3 Å². The minimum absolute atomic E-state index is 0.0315. The van der Waals surface area contributed by atoms with E-state index in [-0.39, 0.29) is 18.6 Å². The predicted octanol–water partition coefficient (Wildman–Crippen LogP) is 0.886. The van der Waals surface area contributed by atoms with E-state index in [0.29, 0.717) is 12.5 Å². The van der Waals surface area contributed by atoms with Crippen LogP contribution in [-0.4, -0.2) is 36.7 Å². The first-order valence-electron chi connectivity index (χ1n) is 5.82. The van der Waals surface area contributed by atoms with Crippen molar-refractivity contribution in [2.45, 2.75) is 27.7 Å². The summed E-state index contributed by atoms with van der Waals surface area (Å²) in [5.41, 5.74) is -1.42. The fourth-order valence-electron chi connectivity index (χ4n) is 1.34. The number of hydrogen-bond acceptors (Lipinski definition) is 3. The van der Waals surface area contributed by atoms with Gasteiger partial charge < -0.3 is 15.2 Å². The zero-order valence-corrected chi connectivity index (χ0v) is 10.9. The highest BCUT2D eigenvalue weighted by molar-refractivity contribution is 6.03. The number of carbonyl (C=O) groups is 2. The highest BCUT2D eigenvalue weighted by Crippen LogP contribution is 2.29. The van der Waals surface area contributed by atoms with E-state index in [1.54, 1.807) is 0 Å². The Morgan fingerprint density at radius 1 is 1.41 bits per heavy atom. The molecule has 17 heavy (non-hydrogen) atoms. The van der Waals surface area contributed by atoms with Gasteiger partial charge in [-0.15, -0.1) is 0 Å². The zero-order valence-electron chi connectivity index (χ0n) is 10.9. The molecule has 1 saturated heterocycles. The molecule has 1 amide bonds. The first-order chi connectivity index (χ1) is 7.72. The van der Waals surface area contributed by atoms with Crippen LogP contribution in [0.3, 0.4) is 0 Å². The second-order valence-electron chi connectivity index (χ2n) is 5.71. The Balaban J connectivity index is 2.58. The molecule has 0 aromatic rings. The van der Waals surface area contributed by atoms with Gasteiger partial charge in [0.15, 0.2) is 5.41 Å². The highest BCUT2D eigenvalue weighted by Gasteiger charge is 2.53. The fraction of sp³-hybridized carbons (Fsp3) is 0.833. The molecule has 1 aliphatic heterocycles. The van der Waals surface area contributed by atoms with Crippen molar-refractivity contribution in [2.75, 3.05) is 19.8 Å². The Hall–Kier alpha value is -1.10. The number of carboxylic acids is 1. The summed E-state index contributed by atoms with van der Waals surface area (Å²) in [6.45, 7) is 8.65. The van der Waals surface area contributed by atoms with Crippen molar-refractivity contribution < 1.29 is 19.4 Å². The number of ether oxygens (including phenoxy) is 1. The maximum atomic E-state index is 11.9. The summed E-state index contributed by atoms with van der Waals surface area (Å²) in [5, 5.41) is 11.8. The molecule has 0 aromatic heterocycles. The third-order valence-corrected chi connectivity index (χ3v) is 3.81. The van der Waals surface area contributed by atoms with Crippen LogP contribution in [0.1, 0.15) is 27.7 Å². The summed E-state index contributed by atoms with van der Waals surface area (Å²) in [5.74, 6) is -1.14. The first-order valence-corrected chi connectivity index (χ1v) is 5.82. The van der Waals surface area contributed by atoms with Crippen molar-refractivity contribution >= 4 is 11.9 Å². The Morgan fingerprint density at radius 2 is 1.94 bits per heavy atom. The second kappa shape index (κ2) is 4.64. The van der Waals surface area contributed by atoms with Crippen molar-refractivity contribution in [1.82, 2.24) is 5.32 Å². The van der Waals surface area contributed by atoms with Crippen LogP contribution in [0.5, 0.6) is 0 Å². The smallest absolute Gasteiger partial charge is 0.324 e. The number of carbonyl (C=O) groups excluding carboxylic acids is 1. The van der Waals surface area contributed by atoms with Gasteiger partial charge in [-0.3, -0.25) is 9.59 Å². The van der Waals surface area contributed by atoms with Gasteiger partial charge >= 0.3 is 5.97 Å². The molecule has 98 valence electrons. The average molecular weight is 243 g/mol. The Labute approximate surface area is 102 Å². The molecule has 2 N–H and O–H groups in total. The first kappa shape index (κ1) is 14.0. The van der Waals surface area contributed by atoms with Gasteiger partial charge in [-0.25, -0.2) is 0 Å². The normalized spacial score (nSPS) is 18.6. The molecule has 0 unspecified atom stereocenters. The molecule has 1 aliphatic rings. The lowest BCUT2D eigenvalue weighted by atomic mass is 9.80. The van der Waals surface area contributed by atoms with Gasteiger partial charge in [-0.1, -0.05) is 27.7 Å². The lowest BCUT2D eigenvalue weighted by molar-refractivity contribution is -0.185. The molecule has 0 spiro atoms. The van der Waals surface area contributed by atoms with E-state index in [1.165, 1.54) is 0 Å². The van der Waals surface area contributed by atoms with Crippen LogP contribution in [0.25, 0.3) is 0 Å². The Bertz CT molecular complexity index is 318. The molecule has 5 nitrogen and oxygen atoms in total. The van der Waals surface area contributed by atoms with Gasteiger partial charge in [-0.2, -0.15) is 0 Å². The van der Waals surface area contributed by atoms with Crippen LogP contribution in [0.4, 0.5) is 0 Å². The number of amides is 1. The maximum Gasteiger partial charge on any atom is 0.324 e. The van der Waals surface area contributed by atoms with E-state index in [0.717, 1.165) is 0 Å². The molecule has 5 heteroatoms. The summed E-state index contributed by atoms with van der Waals surface area (Å²) < 4.78 is 4.86. The molecule has 1 heterocycles. The van der Waals surface area contributed by atoms with Crippen LogP contribution < -0.4 is 5.32 Å². The van der Waals surface area contributed by atoms with Crippen molar-refractivity contribution in [3.05, 3.63) is 0 Å². The SMILES string of the molecule is CC(C)C(C)(C)CNC(=O)C1(C(=O)O)COC1. The van der Waals surface area contributed by atoms with Gasteiger partial charge in [0, 0.05) is 6.54 Å². The van der Waals surface area contributed by atoms with E-state index in [1.807, 2.05) is 13.8 Å². The minimum Gasteiger partial charge on any atom is -0.480 e. The number of aliphatic carboxylic acids is 1. The van der Waals surface area contributed by atoms with Gasteiger partial charge in [0.2, 0.25) is 5.91 Å². The van der Waals surface area contributed by atoms with Crippen LogP contribution >= 0.6 is 0 Å². The molecule has 0 bridgehead atoms. The number of rotatable bonds is 5. The summed E-state index contributed by atoms with van der Waals surface area (Å²) >= 11 is 0. The maximum absolute atomic E-state index is 11.9. The Kier molecular flexibility index (Phi) is 3.81. The standard InChI is InChI=1S/C12H21NO4/c1-8(2)11(3,4)5-13-9(14)12(10(15)16)6-17-7-12/h8H,5-7H2,1-4H3,(H,13,14)(H,15,16). The number of hydrogen-bond donors (Lipinski definition) is 2. The van der Waals surface area contributed by atoms with Gasteiger partial charge in [0.05, 0.1) is 13.2 Å². The van der Waals surface area contributed by atoms with Crippen molar-refractivity contribution in [3.63, 3.8) is 0 Å². The van der Waals surface area contributed by atoms with E-state index in [2.05, 4.69) is 19.2 Å². The Morgan fingerprint density at radius 3 is 2.24 bits per heavy atom. The fourth-order valence-corrected chi connectivity index (χ4v) is 1.34. The topological polar surface area (TPSA) is 75.6 Å². The molecule has 0 aromatic carbocycles. The molecule has 1 rings (SSSR count). The third kappa shape index (κ3) is 2.60. The molecular weight excluding hydrogens is 222 g/mol. The van der Waals surface area contributed by atoms with Crippen molar-refractivity contribution in [2.24, 2.45) is 16.7 Å². The molecule has 0 radical (unpaired) electrons. The summed E-state index contributed by atoms with van der Waals surface area (Å²) in [7, 11) is 0. The predicted molar refractivity (Wildman–Crippen MR) is 62.5 cm³/mol. The second-order valence-corrected chi connectivity index (χ2v) is 5.71. The average Bonchev–Trinajstić information content (AvgIpc) is 2.12. The van der Waals surface area contributed by atoms with Crippen LogP contribution in [0.15, 0.2) is 0 Å². The monoisotopic (exact) mass is 243 g/mol. The quantitative estimate of drug-likeness (QED) is 0.703. The van der Waals surface area contributed by atoms with E-state index < -0.39 is 17.3 Å². The molecule has 1 fully saturated rings. The zero-order chi connectivity index (χ0) is 13.3. The van der Waals surface area contributed by atoms with Gasteiger partial charge in [0.1, 0.15) is 0 Å². The number of nitrogens with one attached hydrogen (secondary N) is 1. The minimum atomic E-state index is -1.37. The van der Waals surface area contributed by atoms with Crippen LogP contribution in [0.2, 0.25) is 0 Å². The van der Waals surface area contributed by atoms with Crippen molar-refractivity contribution in [1.29, 1.82) is 0 Å². The van der Waals surface area contributed by atoms with E-state index >= 15 is 0 Å². The summed E-state index contributed by atoms with van der Waals surface area (Å²) in [6, 6.07) is 0. The van der Waals surface area contributed by atoms with Gasteiger partial charge in [0.25, 0.3) is 0 Å².